The summed E-state index contributed by atoms with van der Waals surface area (Å²) < 4.78 is 0. The van der Waals surface area contributed by atoms with Crippen LogP contribution in [0.5, 0.6) is 0 Å². The van der Waals surface area contributed by atoms with Gasteiger partial charge in [0.2, 0.25) is 5.91 Å². The van der Waals surface area contributed by atoms with Gasteiger partial charge in [0.25, 0.3) is 0 Å². The molecular weight excluding hydrogens is 276 g/mol. The molecular formula is C17H18N4O. The molecule has 0 atom stereocenters. The fourth-order valence-corrected chi connectivity index (χ4v) is 2.32. The van der Waals surface area contributed by atoms with Crippen molar-refractivity contribution in [2.45, 2.75) is 20.0 Å². The van der Waals surface area contributed by atoms with E-state index >= 15 is 0 Å². The van der Waals surface area contributed by atoms with Crippen LogP contribution in [-0.4, -0.2) is 15.9 Å². The number of hydrogen-bond acceptors (Lipinski definition) is 3. The summed E-state index contributed by atoms with van der Waals surface area (Å²) in [5, 5.41) is 6.11. The minimum Gasteiger partial charge on any atom is -0.341 e. The average molecular weight is 294 g/mol. The number of hydrogen-bond donors (Lipinski definition) is 3. The maximum absolute atomic E-state index is 11.0. The van der Waals surface area contributed by atoms with Gasteiger partial charge in [0.1, 0.15) is 5.82 Å². The lowest BCUT2D eigenvalue weighted by Gasteiger charge is -2.05. The molecule has 112 valence electrons. The lowest BCUT2D eigenvalue weighted by molar-refractivity contribution is -0.114. The van der Waals surface area contributed by atoms with Crippen LogP contribution >= 0.6 is 0 Å². The SMILES string of the molecule is CC(=O)Nc1ccc(CNCc2nc3ccccc3[nH]2)cc1. The molecule has 0 spiro atoms. The molecule has 1 heterocycles. The molecule has 3 rings (SSSR count). The van der Waals surface area contributed by atoms with Crippen LogP contribution in [0.25, 0.3) is 11.0 Å². The second-order valence-electron chi connectivity index (χ2n) is 5.18. The van der Waals surface area contributed by atoms with Crippen LogP contribution in [0.4, 0.5) is 5.69 Å². The minimum atomic E-state index is -0.0595. The quantitative estimate of drug-likeness (QED) is 0.677. The predicted molar refractivity (Wildman–Crippen MR) is 87.4 cm³/mol. The van der Waals surface area contributed by atoms with Crippen molar-refractivity contribution in [1.82, 2.24) is 15.3 Å². The van der Waals surface area contributed by atoms with Gasteiger partial charge in [-0.1, -0.05) is 24.3 Å². The third-order valence-corrected chi connectivity index (χ3v) is 3.33. The summed E-state index contributed by atoms with van der Waals surface area (Å²) in [6.45, 7) is 2.93. The van der Waals surface area contributed by atoms with Crippen LogP contribution in [0.3, 0.4) is 0 Å². The maximum Gasteiger partial charge on any atom is 0.221 e. The van der Waals surface area contributed by atoms with Gasteiger partial charge in [0.15, 0.2) is 0 Å². The smallest absolute Gasteiger partial charge is 0.221 e. The molecule has 0 bridgehead atoms. The first-order valence-electron chi connectivity index (χ1n) is 7.21. The average Bonchev–Trinajstić information content (AvgIpc) is 2.91. The van der Waals surface area contributed by atoms with Gasteiger partial charge in [0.05, 0.1) is 17.6 Å². The number of H-pyrrole nitrogens is 1. The van der Waals surface area contributed by atoms with Gasteiger partial charge in [-0.15, -0.1) is 0 Å². The number of carbonyl (C=O) groups is 1. The molecule has 0 saturated heterocycles. The van der Waals surface area contributed by atoms with Crippen molar-refractivity contribution < 1.29 is 4.79 Å². The zero-order valence-corrected chi connectivity index (χ0v) is 12.4. The Labute approximate surface area is 128 Å². The Bertz CT molecular complexity index is 744. The summed E-state index contributed by atoms with van der Waals surface area (Å²) in [5.41, 5.74) is 4.01. The van der Waals surface area contributed by atoms with Crippen LogP contribution in [0, 0.1) is 0 Å². The Morgan fingerprint density at radius 1 is 1.09 bits per heavy atom. The number of fused-ring (bicyclic) bond motifs is 1. The van der Waals surface area contributed by atoms with Gasteiger partial charge in [0, 0.05) is 19.2 Å². The first-order valence-corrected chi connectivity index (χ1v) is 7.21. The van der Waals surface area contributed by atoms with Gasteiger partial charge < -0.3 is 15.6 Å². The molecule has 5 heteroatoms. The number of nitrogens with zero attached hydrogens (tertiary/aromatic N) is 1. The van der Waals surface area contributed by atoms with Crippen molar-refractivity contribution in [3.8, 4) is 0 Å². The second kappa shape index (κ2) is 6.41. The molecule has 0 radical (unpaired) electrons. The summed E-state index contributed by atoms with van der Waals surface area (Å²) in [5.74, 6) is 0.867. The molecule has 0 aliphatic rings. The van der Waals surface area contributed by atoms with E-state index in [1.165, 1.54) is 6.92 Å². The van der Waals surface area contributed by atoms with Crippen LogP contribution in [0.1, 0.15) is 18.3 Å². The minimum absolute atomic E-state index is 0.0595. The van der Waals surface area contributed by atoms with E-state index in [9.17, 15) is 4.79 Å². The lowest BCUT2D eigenvalue weighted by atomic mass is 10.2. The molecule has 0 fully saturated rings. The molecule has 3 N–H and O–H groups in total. The summed E-state index contributed by atoms with van der Waals surface area (Å²) in [4.78, 5) is 18.8. The Morgan fingerprint density at radius 2 is 1.86 bits per heavy atom. The van der Waals surface area contributed by atoms with Gasteiger partial charge in [-0.05, 0) is 29.8 Å². The Kier molecular flexibility index (Phi) is 4.16. The van der Waals surface area contributed by atoms with Crippen LogP contribution in [0.15, 0.2) is 48.5 Å². The monoisotopic (exact) mass is 294 g/mol. The first-order chi connectivity index (χ1) is 10.7. The fraction of sp³-hybridized carbons (Fsp3) is 0.176. The molecule has 0 aliphatic heterocycles. The largest absolute Gasteiger partial charge is 0.341 e. The molecule has 1 aromatic heterocycles. The number of imidazole rings is 1. The zero-order valence-electron chi connectivity index (χ0n) is 12.4. The van der Waals surface area contributed by atoms with Crippen LogP contribution in [-0.2, 0) is 17.9 Å². The normalized spacial score (nSPS) is 10.8. The van der Waals surface area contributed by atoms with Crippen molar-refractivity contribution in [3.05, 3.63) is 59.9 Å². The maximum atomic E-state index is 11.0. The Balaban J connectivity index is 1.55. The number of anilines is 1. The Hall–Kier alpha value is -2.66. The molecule has 0 saturated carbocycles. The van der Waals surface area contributed by atoms with Gasteiger partial charge in [-0.3, -0.25) is 4.79 Å². The van der Waals surface area contributed by atoms with E-state index in [1.54, 1.807) is 0 Å². The summed E-state index contributed by atoms with van der Waals surface area (Å²) in [6.07, 6.45) is 0. The molecule has 1 amide bonds. The highest BCUT2D eigenvalue weighted by Crippen LogP contribution is 2.11. The predicted octanol–water partition coefficient (Wildman–Crippen LogP) is 2.81. The number of benzene rings is 2. The van der Waals surface area contributed by atoms with Gasteiger partial charge in [-0.25, -0.2) is 4.98 Å². The molecule has 0 aliphatic carbocycles. The van der Waals surface area contributed by atoms with E-state index in [4.69, 9.17) is 0 Å². The van der Waals surface area contributed by atoms with Crippen LogP contribution in [0.2, 0.25) is 0 Å². The van der Waals surface area contributed by atoms with E-state index in [-0.39, 0.29) is 5.91 Å². The van der Waals surface area contributed by atoms with Crippen molar-refractivity contribution in [1.29, 1.82) is 0 Å². The molecule has 0 unspecified atom stereocenters. The summed E-state index contributed by atoms with van der Waals surface area (Å²) in [6, 6.07) is 15.8. The third kappa shape index (κ3) is 3.51. The number of para-hydroxylation sites is 2. The van der Waals surface area contributed by atoms with E-state index in [0.717, 1.165) is 34.7 Å². The molecule has 5 nitrogen and oxygen atoms in total. The van der Waals surface area contributed by atoms with E-state index in [2.05, 4.69) is 20.6 Å². The van der Waals surface area contributed by atoms with Crippen molar-refractivity contribution in [2.24, 2.45) is 0 Å². The number of rotatable bonds is 5. The van der Waals surface area contributed by atoms with E-state index < -0.39 is 0 Å². The number of carbonyl (C=O) groups excluding carboxylic acids is 1. The highest BCUT2D eigenvalue weighted by atomic mass is 16.1. The highest BCUT2D eigenvalue weighted by Gasteiger charge is 2.01. The third-order valence-electron chi connectivity index (χ3n) is 3.33. The first kappa shape index (κ1) is 14.3. The van der Waals surface area contributed by atoms with Crippen molar-refractivity contribution in [3.63, 3.8) is 0 Å². The summed E-state index contributed by atoms with van der Waals surface area (Å²) >= 11 is 0. The Morgan fingerprint density at radius 3 is 2.59 bits per heavy atom. The molecule has 3 aromatic rings. The number of aromatic nitrogens is 2. The van der Waals surface area contributed by atoms with Gasteiger partial charge in [-0.2, -0.15) is 0 Å². The standard InChI is InChI=1S/C17H18N4O/c1-12(22)19-14-8-6-13(7-9-14)10-18-11-17-20-15-4-2-3-5-16(15)21-17/h2-9,18H,10-11H2,1H3,(H,19,22)(H,20,21). The summed E-state index contributed by atoms with van der Waals surface area (Å²) in [7, 11) is 0. The van der Waals surface area contributed by atoms with Gasteiger partial charge >= 0.3 is 0 Å². The van der Waals surface area contributed by atoms with Crippen molar-refractivity contribution >= 4 is 22.6 Å². The topological polar surface area (TPSA) is 69.8 Å². The van der Waals surface area contributed by atoms with E-state index in [1.807, 2.05) is 48.5 Å². The second-order valence-corrected chi connectivity index (χ2v) is 5.18. The van der Waals surface area contributed by atoms with E-state index in [0.29, 0.717) is 6.54 Å². The fourth-order valence-electron chi connectivity index (χ4n) is 2.32. The number of amides is 1. The van der Waals surface area contributed by atoms with Crippen molar-refractivity contribution in [2.75, 3.05) is 5.32 Å². The lowest BCUT2D eigenvalue weighted by Crippen LogP contribution is -2.13. The van der Waals surface area contributed by atoms with Crippen LogP contribution < -0.4 is 10.6 Å². The molecule has 2 aromatic carbocycles. The zero-order chi connectivity index (χ0) is 15.4. The molecule has 22 heavy (non-hydrogen) atoms. The highest BCUT2D eigenvalue weighted by molar-refractivity contribution is 5.88. The number of aromatic amines is 1. The number of nitrogens with one attached hydrogen (secondary N) is 3.